The van der Waals surface area contributed by atoms with Crippen LogP contribution in [0.15, 0.2) is 23.8 Å². The Balaban J connectivity index is 2.49. The van der Waals surface area contributed by atoms with Crippen LogP contribution in [0.4, 0.5) is 0 Å². The molecule has 0 radical (unpaired) electrons. The average molecular weight is 220 g/mol. The minimum atomic E-state index is -1.01. The monoisotopic (exact) mass is 220 g/mol. The van der Waals surface area contributed by atoms with Crippen molar-refractivity contribution in [1.82, 2.24) is 9.97 Å². The van der Waals surface area contributed by atoms with Crippen LogP contribution < -0.4 is 0 Å². The predicted molar refractivity (Wildman–Crippen MR) is 57.0 cm³/mol. The summed E-state index contributed by atoms with van der Waals surface area (Å²) in [5, 5.41) is 8.89. The van der Waals surface area contributed by atoms with Crippen LogP contribution in [0.25, 0.3) is 10.4 Å². The molecule has 0 atom stereocenters. The number of aryl methyl sites for hydroxylation is 1. The van der Waals surface area contributed by atoms with Crippen molar-refractivity contribution in [2.75, 3.05) is 0 Å². The van der Waals surface area contributed by atoms with Gasteiger partial charge in [0.1, 0.15) is 0 Å². The molecule has 76 valence electrons. The van der Waals surface area contributed by atoms with Crippen molar-refractivity contribution >= 4 is 17.3 Å². The second-order valence-electron chi connectivity index (χ2n) is 3.02. The van der Waals surface area contributed by atoms with Crippen molar-refractivity contribution in [2.24, 2.45) is 0 Å². The summed E-state index contributed by atoms with van der Waals surface area (Å²) >= 11 is 1.30. The van der Waals surface area contributed by atoms with Gasteiger partial charge in [-0.3, -0.25) is 4.98 Å². The summed E-state index contributed by atoms with van der Waals surface area (Å²) < 4.78 is 0. The molecule has 0 aromatic carbocycles. The van der Waals surface area contributed by atoms with E-state index in [0.717, 1.165) is 11.3 Å². The van der Waals surface area contributed by atoms with Gasteiger partial charge in [-0.15, -0.1) is 11.3 Å². The number of aromatic nitrogens is 2. The lowest BCUT2D eigenvalue weighted by molar-refractivity contribution is 0.0692. The van der Waals surface area contributed by atoms with E-state index in [2.05, 4.69) is 9.97 Å². The highest BCUT2D eigenvalue weighted by atomic mass is 32.1. The van der Waals surface area contributed by atoms with E-state index in [1.54, 1.807) is 6.20 Å². The number of hydrogen-bond acceptors (Lipinski definition) is 4. The predicted octanol–water partition coefficient (Wildman–Crippen LogP) is 2.21. The number of nitrogens with zero attached hydrogens (tertiary/aromatic N) is 2. The Bertz CT molecular complexity index is 490. The highest BCUT2D eigenvalue weighted by Crippen LogP contribution is 2.26. The topological polar surface area (TPSA) is 63.1 Å². The van der Waals surface area contributed by atoms with Crippen LogP contribution in [0.1, 0.15) is 16.2 Å². The number of aromatic carboxylic acids is 1. The van der Waals surface area contributed by atoms with Crippen molar-refractivity contribution in [3.63, 3.8) is 0 Å². The third kappa shape index (κ3) is 1.87. The van der Waals surface area contributed by atoms with Crippen molar-refractivity contribution in [2.45, 2.75) is 6.92 Å². The molecule has 0 saturated heterocycles. The maximum Gasteiger partial charge on any atom is 0.356 e. The molecule has 2 aromatic heterocycles. The van der Waals surface area contributed by atoms with Gasteiger partial charge in [-0.2, -0.15) is 0 Å². The maximum absolute atomic E-state index is 10.8. The summed E-state index contributed by atoms with van der Waals surface area (Å²) in [6.07, 6.45) is 1.66. The number of carboxylic acid groups (broad SMARTS) is 1. The molecule has 4 nitrogen and oxygen atoms in total. The Hall–Kier alpha value is -1.75. The van der Waals surface area contributed by atoms with Crippen LogP contribution in [-0.2, 0) is 0 Å². The fraction of sp³-hybridized carbons (Fsp3) is 0.100. The zero-order valence-corrected chi connectivity index (χ0v) is 8.78. The Morgan fingerprint density at radius 1 is 1.40 bits per heavy atom. The molecule has 0 aliphatic heterocycles. The molecule has 2 rings (SSSR count). The molecule has 5 heteroatoms. The lowest BCUT2D eigenvalue weighted by Gasteiger charge is -1.98. The first kappa shape index (κ1) is 9.79. The first-order chi connectivity index (χ1) is 7.18. The maximum atomic E-state index is 10.8. The Morgan fingerprint density at radius 3 is 2.80 bits per heavy atom. The van der Waals surface area contributed by atoms with Gasteiger partial charge in [0, 0.05) is 17.5 Å². The lowest BCUT2D eigenvalue weighted by Crippen LogP contribution is -1.98. The second kappa shape index (κ2) is 3.78. The SMILES string of the molecule is Cc1ccc(-c2scnc2C(=O)O)cn1. The zero-order valence-electron chi connectivity index (χ0n) is 7.97. The van der Waals surface area contributed by atoms with Gasteiger partial charge in [0.15, 0.2) is 5.69 Å². The van der Waals surface area contributed by atoms with E-state index < -0.39 is 5.97 Å². The van der Waals surface area contributed by atoms with Crippen LogP contribution in [-0.4, -0.2) is 21.0 Å². The Kier molecular flexibility index (Phi) is 2.47. The van der Waals surface area contributed by atoms with Crippen LogP contribution in [0.3, 0.4) is 0 Å². The van der Waals surface area contributed by atoms with Gasteiger partial charge in [-0.05, 0) is 13.0 Å². The van der Waals surface area contributed by atoms with E-state index in [-0.39, 0.29) is 5.69 Å². The molecule has 2 heterocycles. The molecule has 0 fully saturated rings. The average Bonchev–Trinajstić information content (AvgIpc) is 2.67. The van der Waals surface area contributed by atoms with Crippen molar-refractivity contribution in [3.05, 3.63) is 35.2 Å². The normalized spacial score (nSPS) is 10.2. The number of hydrogen-bond donors (Lipinski definition) is 1. The molecule has 0 aliphatic carbocycles. The first-order valence-electron chi connectivity index (χ1n) is 4.28. The third-order valence-electron chi connectivity index (χ3n) is 1.94. The molecule has 0 bridgehead atoms. The summed E-state index contributed by atoms with van der Waals surface area (Å²) in [6.45, 7) is 1.88. The van der Waals surface area contributed by atoms with Crippen molar-refractivity contribution in [1.29, 1.82) is 0 Å². The highest BCUT2D eigenvalue weighted by Gasteiger charge is 2.14. The van der Waals surface area contributed by atoms with Crippen molar-refractivity contribution in [3.8, 4) is 10.4 Å². The summed E-state index contributed by atoms with van der Waals surface area (Å²) in [7, 11) is 0. The van der Waals surface area contributed by atoms with Gasteiger partial charge in [-0.25, -0.2) is 9.78 Å². The van der Waals surface area contributed by atoms with E-state index in [9.17, 15) is 4.79 Å². The molecule has 2 aromatic rings. The van der Waals surface area contributed by atoms with E-state index in [0.29, 0.717) is 4.88 Å². The van der Waals surface area contributed by atoms with Crippen LogP contribution in [0, 0.1) is 6.92 Å². The fourth-order valence-corrected chi connectivity index (χ4v) is 1.98. The lowest BCUT2D eigenvalue weighted by atomic mass is 10.2. The molecule has 0 aliphatic rings. The Labute approximate surface area is 90.3 Å². The van der Waals surface area contributed by atoms with Gasteiger partial charge < -0.3 is 5.11 Å². The van der Waals surface area contributed by atoms with Crippen LogP contribution >= 0.6 is 11.3 Å². The molecule has 0 spiro atoms. The van der Waals surface area contributed by atoms with Gasteiger partial charge in [-0.1, -0.05) is 6.07 Å². The summed E-state index contributed by atoms with van der Waals surface area (Å²) in [6, 6.07) is 3.70. The molecule has 1 N–H and O–H groups in total. The number of pyridine rings is 1. The highest BCUT2D eigenvalue weighted by molar-refractivity contribution is 7.13. The standard InChI is InChI=1S/C10H8N2O2S/c1-6-2-3-7(4-11-6)9-8(10(13)14)12-5-15-9/h2-5H,1H3,(H,13,14). The van der Waals surface area contributed by atoms with E-state index in [4.69, 9.17) is 5.11 Å². The van der Waals surface area contributed by atoms with Gasteiger partial charge in [0.05, 0.1) is 10.4 Å². The van der Waals surface area contributed by atoms with Crippen molar-refractivity contribution < 1.29 is 9.90 Å². The number of thiazole rings is 1. The van der Waals surface area contributed by atoms with Gasteiger partial charge >= 0.3 is 5.97 Å². The second-order valence-corrected chi connectivity index (χ2v) is 3.88. The smallest absolute Gasteiger partial charge is 0.356 e. The minimum absolute atomic E-state index is 0.0886. The van der Waals surface area contributed by atoms with E-state index in [1.807, 2.05) is 19.1 Å². The van der Waals surface area contributed by atoms with Gasteiger partial charge in [0.2, 0.25) is 0 Å². The van der Waals surface area contributed by atoms with Crippen LogP contribution in [0.2, 0.25) is 0 Å². The minimum Gasteiger partial charge on any atom is -0.476 e. The first-order valence-corrected chi connectivity index (χ1v) is 5.16. The molecule has 15 heavy (non-hydrogen) atoms. The molecule has 0 saturated carbocycles. The zero-order chi connectivity index (χ0) is 10.8. The van der Waals surface area contributed by atoms with E-state index >= 15 is 0 Å². The summed E-state index contributed by atoms with van der Waals surface area (Å²) in [5.74, 6) is -1.01. The largest absolute Gasteiger partial charge is 0.476 e. The molecular formula is C10H8N2O2S. The van der Waals surface area contributed by atoms with Crippen LogP contribution in [0.5, 0.6) is 0 Å². The van der Waals surface area contributed by atoms with E-state index in [1.165, 1.54) is 16.8 Å². The number of carboxylic acids is 1. The third-order valence-corrected chi connectivity index (χ3v) is 2.82. The van der Waals surface area contributed by atoms with Gasteiger partial charge in [0.25, 0.3) is 0 Å². The molecular weight excluding hydrogens is 212 g/mol. The quantitative estimate of drug-likeness (QED) is 0.842. The molecule has 0 unspecified atom stereocenters. The molecule has 0 amide bonds. The Morgan fingerprint density at radius 2 is 2.20 bits per heavy atom. The summed E-state index contributed by atoms with van der Waals surface area (Å²) in [5.41, 5.74) is 3.31. The summed E-state index contributed by atoms with van der Waals surface area (Å²) in [4.78, 5) is 19.4. The fourth-order valence-electron chi connectivity index (χ4n) is 1.21. The number of carbonyl (C=O) groups is 1. The number of rotatable bonds is 2.